The molecule has 0 aliphatic heterocycles. The van der Waals surface area contributed by atoms with E-state index in [1.165, 1.54) is 12.1 Å². The maximum atomic E-state index is 12.4. The second kappa shape index (κ2) is 5.64. The molecule has 0 aromatic heterocycles. The minimum Gasteiger partial charge on any atom is -0.389 e. The molecule has 0 bridgehead atoms. The van der Waals surface area contributed by atoms with Crippen LogP contribution >= 0.6 is 12.2 Å². The maximum Gasteiger partial charge on any atom is 0.240 e. The van der Waals surface area contributed by atoms with Crippen molar-refractivity contribution in [3.8, 4) is 0 Å². The average molecular weight is 328 g/mol. The molecule has 2 unspecified atom stereocenters. The third kappa shape index (κ3) is 3.11. The Balaban J connectivity index is 2.14. The van der Waals surface area contributed by atoms with Gasteiger partial charge in [-0.1, -0.05) is 38.2 Å². The van der Waals surface area contributed by atoms with Crippen LogP contribution in [0.4, 0.5) is 0 Å². The first-order valence-corrected chi connectivity index (χ1v) is 8.52. The molecular weight excluding hydrogens is 308 g/mol. The largest absolute Gasteiger partial charge is 0.389 e. The SMILES string of the molecule is COC1CC(NS(=O)(=O)c2ccc(C(N)=S)cc2)C1(C)C. The van der Waals surface area contributed by atoms with Crippen molar-refractivity contribution < 1.29 is 13.2 Å². The van der Waals surface area contributed by atoms with Gasteiger partial charge >= 0.3 is 0 Å². The fourth-order valence-electron chi connectivity index (χ4n) is 2.54. The number of ether oxygens (including phenoxy) is 1. The van der Waals surface area contributed by atoms with Crippen molar-refractivity contribution in [2.24, 2.45) is 11.1 Å². The molecule has 5 nitrogen and oxygen atoms in total. The Morgan fingerprint density at radius 1 is 1.38 bits per heavy atom. The molecule has 0 saturated heterocycles. The Kier molecular flexibility index (Phi) is 4.39. The number of benzene rings is 1. The third-order valence-electron chi connectivity index (χ3n) is 4.21. The number of hydrogen-bond acceptors (Lipinski definition) is 4. The molecule has 1 aromatic carbocycles. The number of nitrogens with one attached hydrogen (secondary N) is 1. The van der Waals surface area contributed by atoms with Gasteiger partial charge in [-0.25, -0.2) is 13.1 Å². The highest BCUT2D eigenvalue weighted by Crippen LogP contribution is 2.43. The number of sulfonamides is 1. The lowest BCUT2D eigenvalue weighted by molar-refractivity contribution is -0.0908. The lowest BCUT2D eigenvalue weighted by Crippen LogP contribution is -2.61. The van der Waals surface area contributed by atoms with Crippen LogP contribution in [0.3, 0.4) is 0 Å². The minimum absolute atomic E-state index is 0.0715. The normalized spacial score (nSPS) is 24.3. The van der Waals surface area contributed by atoms with E-state index >= 15 is 0 Å². The summed E-state index contributed by atoms with van der Waals surface area (Å²) in [6.07, 6.45) is 0.746. The van der Waals surface area contributed by atoms with Gasteiger partial charge in [0, 0.05) is 24.1 Å². The quantitative estimate of drug-likeness (QED) is 0.799. The Morgan fingerprint density at radius 2 is 1.95 bits per heavy atom. The Labute approximate surface area is 130 Å². The van der Waals surface area contributed by atoms with E-state index < -0.39 is 10.0 Å². The molecule has 2 atom stereocenters. The highest BCUT2D eigenvalue weighted by Gasteiger charge is 2.50. The number of hydrogen-bond donors (Lipinski definition) is 2. The molecule has 1 fully saturated rings. The standard InChI is InChI=1S/C14H20N2O3S2/c1-14(2)11(8-12(14)19-3)16-21(17,18)10-6-4-9(5-7-10)13(15)20/h4-7,11-12,16H,8H2,1-3H3,(H2,15,20). The van der Waals surface area contributed by atoms with Crippen molar-refractivity contribution >= 4 is 27.2 Å². The summed E-state index contributed by atoms with van der Waals surface area (Å²) in [5.41, 5.74) is 5.93. The van der Waals surface area contributed by atoms with Gasteiger partial charge in [-0.2, -0.15) is 0 Å². The molecule has 7 heteroatoms. The summed E-state index contributed by atoms with van der Waals surface area (Å²) in [6.45, 7) is 3.99. The van der Waals surface area contributed by atoms with Crippen LogP contribution in [0.25, 0.3) is 0 Å². The fraction of sp³-hybridized carbons (Fsp3) is 0.500. The summed E-state index contributed by atoms with van der Waals surface area (Å²) in [4.78, 5) is 0.453. The molecule has 0 spiro atoms. The summed E-state index contributed by atoms with van der Waals surface area (Å²) >= 11 is 4.85. The van der Waals surface area contributed by atoms with E-state index in [-0.39, 0.29) is 27.4 Å². The van der Waals surface area contributed by atoms with Crippen LogP contribution in [0.1, 0.15) is 25.8 Å². The van der Waals surface area contributed by atoms with Crippen molar-refractivity contribution in [2.75, 3.05) is 7.11 Å². The Hall–Kier alpha value is -1.02. The summed E-state index contributed by atoms with van der Waals surface area (Å²) in [7, 11) is -1.91. The first kappa shape index (κ1) is 16.4. The van der Waals surface area contributed by atoms with E-state index in [1.54, 1.807) is 19.2 Å². The number of rotatable bonds is 5. The average Bonchev–Trinajstić information content (AvgIpc) is 2.43. The van der Waals surface area contributed by atoms with E-state index in [2.05, 4.69) is 4.72 Å². The van der Waals surface area contributed by atoms with Gasteiger partial charge in [0.2, 0.25) is 10.0 Å². The Bertz CT molecular complexity index is 639. The van der Waals surface area contributed by atoms with Crippen molar-refractivity contribution in [1.82, 2.24) is 4.72 Å². The number of nitrogens with two attached hydrogens (primary N) is 1. The molecule has 2 rings (SSSR count). The second-order valence-electron chi connectivity index (χ2n) is 5.84. The van der Waals surface area contributed by atoms with Crippen LogP contribution in [0.2, 0.25) is 0 Å². The second-order valence-corrected chi connectivity index (χ2v) is 8.00. The van der Waals surface area contributed by atoms with Crippen molar-refractivity contribution in [3.63, 3.8) is 0 Å². The smallest absolute Gasteiger partial charge is 0.240 e. The van der Waals surface area contributed by atoms with Gasteiger partial charge in [0.1, 0.15) is 4.99 Å². The molecule has 21 heavy (non-hydrogen) atoms. The van der Waals surface area contributed by atoms with E-state index in [9.17, 15) is 8.42 Å². The molecule has 1 aromatic rings. The molecule has 1 saturated carbocycles. The first-order chi connectivity index (χ1) is 9.68. The molecule has 0 radical (unpaired) electrons. The molecule has 3 N–H and O–H groups in total. The monoisotopic (exact) mass is 328 g/mol. The topological polar surface area (TPSA) is 81.4 Å². The molecule has 116 valence electrons. The third-order valence-corrected chi connectivity index (χ3v) is 5.93. The zero-order chi connectivity index (χ0) is 15.8. The molecule has 1 aliphatic rings. The van der Waals surface area contributed by atoms with Gasteiger partial charge in [0.15, 0.2) is 0 Å². The summed E-state index contributed by atoms with van der Waals surface area (Å²) in [6, 6.07) is 6.11. The lowest BCUT2D eigenvalue weighted by Gasteiger charge is -2.50. The van der Waals surface area contributed by atoms with E-state index in [4.69, 9.17) is 22.7 Å². The van der Waals surface area contributed by atoms with Crippen LogP contribution in [0.5, 0.6) is 0 Å². The lowest BCUT2D eigenvalue weighted by atomic mass is 9.65. The summed E-state index contributed by atoms with van der Waals surface area (Å²) < 4.78 is 32.8. The van der Waals surface area contributed by atoms with Crippen LogP contribution in [0.15, 0.2) is 29.2 Å². The highest BCUT2D eigenvalue weighted by molar-refractivity contribution is 7.89. The van der Waals surface area contributed by atoms with Crippen molar-refractivity contribution in [3.05, 3.63) is 29.8 Å². The summed E-state index contributed by atoms with van der Waals surface area (Å²) in [5.74, 6) is 0. The van der Waals surface area contributed by atoms with Gasteiger partial charge in [-0.15, -0.1) is 0 Å². The van der Waals surface area contributed by atoms with Gasteiger partial charge in [0.25, 0.3) is 0 Å². The molecule has 0 heterocycles. The molecule has 0 amide bonds. The summed E-state index contributed by atoms with van der Waals surface area (Å²) in [5, 5.41) is 0. The van der Waals surface area contributed by atoms with E-state index in [0.717, 1.165) is 0 Å². The predicted molar refractivity (Wildman–Crippen MR) is 85.6 cm³/mol. The van der Waals surface area contributed by atoms with Crippen molar-refractivity contribution in [2.45, 2.75) is 37.3 Å². The van der Waals surface area contributed by atoms with Gasteiger partial charge < -0.3 is 10.5 Å². The van der Waals surface area contributed by atoms with Crippen LogP contribution in [-0.2, 0) is 14.8 Å². The van der Waals surface area contributed by atoms with Gasteiger partial charge in [-0.05, 0) is 18.6 Å². The fourth-order valence-corrected chi connectivity index (χ4v) is 4.08. The first-order valence-electron chi connectivity index (χ1n) is 6.63. The van der Waals surface area contributed by atoms with Crippen molar-refractivity contribution in [1.29, 1.82) is 0 Å². The zero-order valence-electron chi connectivity index (χ0n) is 12.3. The zero-order valence-corrected chi connectivity index (χ0v) is 13.9. The minimum atomic E-state index is -3.56. The van der Waals surface area contributed by atoms with Gasteiger partial charge in [-0.3, -0.25) is 0 Å². The predicted octanol–water partition coefficient (Wildman–Crippen LogP) is 1.41. The van der Waals surface area contributed by atoms with E-state index in [1.807, 2.05) is 13.8 Å². The number of thiocarbonyl (C=S) groups is 1. The van der Waals surface area contributed by atoms with Gasteiger partial charge in [0.05, 0.1) is 11.0 Å². The Morgan fingerprint density at radius 3 is 2.38 bits per heavy atom. The van der Waals surface area contributed by atoms with Crippen LogP contribution in [0, 0.1) is 5.41 Å². The molecular formula is C14H20N2O3S2. The highest BCUT2D eigenvalue weighted by atomic mass is 32.2. The van der Waals surface area contributed by atoms with Crippen LogP contribution < -0.4 is 10.5 Å². The number of methoxy groups -OCH3 is 1. The van der Waals surface area contributed by atoms with E-state index in [0.29, 0.717) is 12.0 Å². The molecule has 1 aliphatic carbocycles. The maximum absolute atomic E-state index is 12.4. The van der Waals surface area contributed by atoms with Crippen LogP contribution in [-0.4, -0.2) is 32.7 Å².